The van der Waals surface area contributed by atoms with Crippen LogP contribution in [-0.4, -0.2) is 34.8 Å². The van der Waals surface area contributed by atoms with E-state index in [1.54, 1.807) is 0 Å². The summed E-state index contributed by atoms with van der Waals surface area (Å²) in [4.78, 5) is 1.98. The third kappa shape index (κ3) is 2.88. The van der Waals surface area contributed by atoms with E-state index in [2.05, 4.69) is 22.3 Å². The molecule has 0 amide bonds. The standard InChI is InChI=1S/C12H21N5O/c1-5-6-7-17(4)12-10(11(13)16-18)8(2)9(3)14-15-12/h18H,5-7H2,1-4H3,(H2,13,16). The maximum absolute atomic E-state index is 8.88. The zero-order chi connectivity index (χ0) is 13.7. The lowest BCUT2D eigenvalue weighted by molar-refractivity contribution is 0.318. The van der Waals surface area contributed by atoms with Gasteiger partial charge in [0.25, 0.3) is 0 Å². The lowest BCUT2D eigenvalue weighted by atomic mass is 10.1. The largest absolute Gasteiger partial charge is 0.409 e. The first-order valence-corrected chi connectivity index (χ1v) is 6.05. The average Bonchev–Trinajstić information content (AvgIpc) is 2.38. The zero-order valence-corrected chi connectivity index (χ0v) is 11.4. The van der Waals surface area contributed by atoms with Crippen LogP contribution in [0.5, 0.6) is 0 Å². The van der Waals surface area contributed by atoms with Crippen molar-refractivity contribution in [1.29, 1.82) is 0 Å². The highest BCUT2D eigenvalue weighted by atomic mass is 16.4. The van der Waals surface area contributed by atoms with Crippen LogP contribution >= 0.6 is 0 Å². The number of nitrogens with two attached hydrogens (primary N) is 1. The second kappa shape index (κ2) is 6.18. The molecule has 0 aliphatic rings. The summed E-state index contributed by atoms with van der Waals surface area (Å²) in [6.45, 7) is 6.74. The molecule has 0 bridgehead atoms. The molecule has 0 aliphatic carbocycles. The Morgan fingerprint density at radius 3 is 2.61 bits per heavy atom. The predicted molar refractivity (Wildman–Crippen MR) is 72.2 cm³/mol. The predicted octanol–water partition coefficient (Wildman–Crippen LogP) is 1.42. The molecule has 1 aromatic heterocycles. The first-order valence-electron chi connectivity index (χ1n) is 6.05. The summed E-state index contributed by atoms with van der Waals surface area (Å²) in [6, 6.07) is 0. The number of anilines is 1. The van der Waals surface area contributed by atoms with Crippen molar-refractivity contribution in [2.75, 3.05) is 18.5 Å². The van der Waals surface area contributed by atoms with Crippen LogP contribution in [0.15, 0.2) is 5.16 Å². The molecule has 100 valence electrons. The molecule has 6 nitrogen and oxygen atoms in total. The number of oxime groups is 1. The monoisotopic (exact) mass is 251 g/mol. The summed E-state index contributed by atoms with van der Waals surface area (Å²) in [6.07, 6.45) is 2.15. The van der Waals surface area contributed by atoms with Crippen LogP contribution in [0.25, 0.3) is 0 Å². The fourth-order valence-electron chi connectivity index (χ4n) is 1.72. The molecule has 0 unspecified atom stereocenters. The van der Waals surface area contributed by atoms with Gasteiger partial charge in [-0.3, -0.25) is 0 Å². The normalized spacial score (nSPS) is 11.7. The number of unbranched alkanes of at least 4 members (excludes halogenated alkanes) is 1. The van der Waals surface area contributed by atoms with Crippen LogP contribution in [0.4, 0.5) is 5.82 Å². The fourth-order valence-corrected chi connectivity index (χ4v) is 1.72. The summed E-state index contributed by atoms with van der Waals surface area (Å²) in [5, 5.41) is 20.2. The van der Waals surface area contributed by atoms with E-state index in [9.17, 15) is 0 Å². The van der Waals surface area contributed by atoms with Crippen LogP contribution in [0.3, 0.4) is 0 Å². The van der Waals surface area contributed by atoms with Gasteiger partial charge in [-0.05, 0) is 25.8 Å². The van der Waals surface area contributed by atoms with Crippen molar-refractivity contribution in [3.05, 3.63) is 16.8 Å². The van der Waals surface area contributed by atoms with E-state index >= 15 is 0 Å². The van der Waals surface area contributed by atoms with Gasteiger partial charge < -0.3 is 15.8 Å². The number of aryl methyl sites for hydroxylation is 1. The molecule has 1 rings (SSSR count). The van der Waals surface area contributed by atoms with E-state index < -0.39 is 0 Å². The summed E-state index contributed by atoms with van der Waals surface area (Å²) in [7, 11) is 1.93. The highest BCUT2D eigenvalue weighted by Gasteiger charge is 2.17. The quantitative estimate of drug-likeness (QED) is 0.358. The summed E-state index contributed by atoms with van der Waals surface area (Å²) >= 11 is 0. The van der Waals surface area contributed by atoms with E-state index in [0.29, 0.717) is 11.4 Å². The van der Waals surface area contributed by atoms with Crippen molar-refractivity contribution >= 4 is 11.7 Å². The van der Waals surface area contributed by atoms with E-state index in [4.69, 9.17) is 10.9 Å². The van der Waals surface area contributed by atoms with E-state index in [0.717, 1.165) is 30.6 Å². The molecule has 0 atom stereocenters. The van der Waals surface area contributed by atoms with Gasteiger partial charge in [-0.15, -0.1) is 5.10 Å². The van der Waals surface area contributed by atoms with Crippen LogP contribution in [-0.2, 0) is 0 Å². The van der Waals surface area contributed by atoms with Gasteiger partial charge in [-0.2, -0.15) is 5.10 Å². The van der Waals surface area contributed by atoms with E-state index in [1.165, 1.54) is 0 Å². The Bertz CT molecular complexity index is 444. The van der Waals surface area contributed by atoms with Crippen molar-refractivity contribution in [3.63, 3.8) is 0 Å². The Morgan fingerprint density at radius 1 is 1.39 bits per heavy atom. The van der Waals surface area contributed by atoms with Gasteiger partial charge in [0.1, 0.15) is 0 Å². The minimum atomic E-state index is 0.0730. The number of nitrogens with zero attached hydrogens (tertiary/aromatic N) is 4. The van der Waals surface area contributed by atoms with Crippen molar-refractivity contribution in [2.24, 2.45) is 10.9 Å². The SMILES string of the molecule is CCCCN(C)c1nnc(C)c(C)c1/C(N)=N/O. The summed E-state index contributed by atoms with van der Waals surface area (Å²) in [5.74, 6) is 0.727. The van der Waals surface area contributed by atoms with Gasteiger partial charge in [0, 0.05) is 13.6 Å². The van der Waals surface area contributed by atoms with Gasteiger partial charge in [-0.1, -0.05) is 18.5 Å². The van der Waals surface area contributed by atoms with Crippen molar-refractivity contribution in [3.8, 4) is 0 Å². The van der Waals surface area contributed by atoms with Gasteiger partial charge in [0.15, 0.2) is 11.7 Å². The Hall–Kier alpha value is -1.85. The second-order valence-electron chi connectivity index (χ2n) is 4.37. The lowest BCUT2D eigenvalue weighted by Gasteiger charge is -2.21. The summed E-state index contributed by atoms with van der Waals surface area (Å²) < 4.78 is 0. The maximum Gasteiger partial charge on any atom is 0.174 e. The Morgan fingerprint density at radius 2 is 2.06 bits per heavy atom. The zero-order valence-electron chi connectivity index (χ0n) is 11.4. The molecule has 0 spiro atoms. The Labute approximate surface area is 108 Å². The third-order valence-electron chi connectivity index (χ3n) is 3.01. The Balaban J connectivity index is 3.22. The molecule has 0 aromatic carbocycles. The number of rotatable bonds is 5. The minimum Gasteiger partial charge on any atom is -0.409 e. The fraction of sp³-hybridized carbons (Fsp3) is 0.583. The number of hydrogen-bond acceptors (Lipinski definition) is 5. The summed E-state index contributed by atoms with van der Waals surface area (Å²) in [5.41, 5.74) is 8.06. The van der Waals surface area contributed by atoms with Crippen LogP contribution < -0.4 is 10.6 Å². The third-order valence-corrected chi connectivity index (χ3v) is 3.01. The molecule has 0 saturated heterocycles. The van der Waals surface area contributed by atoms with Gasteiger partial charge in [0.05, 0.1) is 11.3 Å². The van der Waals surface area contributed by atoms with E-state index in [1.807, 2.05) is 25.8 Å². The van der Waals surface area contributed by atoms with Crippen LogP contribution in [0, 0.1) is 13.8 Å². The van der Waals surface area contributed by atoms with Crippen LogP contribution in [0.1, 0.15) is 36.6 Å². The molecule has 0 saturated carbocycles. The minimum absolute atomic E-state index is 0.0730. The topological polar surface area (TPSA) is 87.6 Å². The second-order valence-corrected chi connectivity index (χ2v) is 4.37. The van der Waals surface area contributed by atoms with Crippen molar-refractivity contribution in [2.45, 2.75) is 33.6 Å². The van der Waals surface area contributed by atoms with Gasteiger partial charge >= 0.3 is 0 Å². The molecule has 1 heterocycles. The lowest BCUT2D eigenvalue weighted by Crippen LogP contribution is -2.27. The van der Waals surface area contributed by atoms with Crippen molar-refractivity contribution < 1.29 is 5.21 Å². The smallest absolute Gasteiger partial charge is 0.174 e. The Kier molecular flexibility index (Phi) is 4.88. The number of aromatic nitrogens is 2. The molecule has 6 heteroatoms. The van der Waals surface area contributed by atoms with Gasteiger partial charge in [0.2, 0.25) is 0 Å². The molecule has 0 aliphatic heterocycles. The molecule has 18 heavy (non-hydrogen) atoms. The van der Waals surface area contributed by atoms with Crippen molar-refractivity contribution in [1.82, 2.24) is 10.2 Å². The average molecular weight is 251 g/mol. The first-order chi connectivity index (χ1) is 8.52. The number of hydrogen-bond donors (Lipinski definition) is 2. The molecule has 0 fully saturated rings. The first kappa shape index (κ1) is 14.2. The molecule has 0 radical (unpaired) electrons. The molecular formula is C12H21N5O. The highest BCUT2D eigenvalue weighted by Crippen LogP contribution is 2.21. The van der Waals surface area contributed by atoms with E-state index in [-0.39, 0.29) is 5.84 Å². The molecular weight excluding hydrogens is 230 g/mol. The molecule has 1 aromatic rings. The highest BCUT2D eigenvalue weighted by molar-refractivity contribution is 6.02. The number of amidine groups is 1. The molecule has 3 N–H and O–H groups in total. The maximum atomic E-state index is 8.88. The van der Waals surface area contributed by atoms with Crippen LogP contribution in [0.2, 0.25) is 0 Å². The van der Waals surface area contributed by atoms with Gasteiger partial charge in [-0.25, -0.2) is 0 Å².